The van der Waals surface area contributed by atoms with Gasteiger partial charge >= 0.3 is 6.09 Å². The summed E-state index contributed by atoms with van der Waals surface area (Å²) in [6.45, 7) is 6.97. The molecule has 24 heavy (non-hydrogen) atoms. The van der Waals surface area contributed by atoms with Crippen LogP contribution in [0.1, 0.15) is 62.8 Å². The number of piperidine rings is 1. The minimum Gasteiger partial charge on any atom is -0.444 e. The Hall–Kier alpha value is -2.06. The molecule has 1 heterocycles. The average molecular weight is 327 g/mol. The number of likely N-dealkylation sites (tertiary alicyclic amines) is 1. The van der Waals surface area contributed by atoms with Crippen LogP contribution >= 0.6 is 0 Å². The van der Waals surface area contributed by atoms with Gasteiger partial charge in [0, 0.05) is 24.5 Å². The zero-order chi connectivity index (χ0) is 17.5. The second-order valence-corrected chi connectivity index (χ2v) is 7.97. The highest BCUT2D eigenvalue weighted by Gasteiger charge is 2.45. The van der Waals surface area contributed by atoms with Crippen LogP contribution in [-0.2, 0) is 10.2 Å². The predicted octanol–water partition coefficient (Wildman–Crippen LogP) is 3.23. The number of fused-ring (bicyclic) bond motifs is 2. The monoisotopic (exact) mass is 327 g/mol. The van der Waals surface area contributed by atoms with Crippen LogP contribution in [0.5, 0.6) is 0 Å². The van der Waals surface area contributed by atoms with Crippen molar-refractivity contribution in [2.75, 3.05) is 13.1 Å². The quantitative estimate of drug-likeness (QED) is 0.793. The fourth-order valence-corrected chi connectivity index (χ4v) is 3.97. The molecule has 1 aliphatic heterocycles. The van der Waals surface area contributed by atoms with Crippen molar-refractivity contribution in [2.24, 2.45) is 5.73 Å². The van der Waals surface area contributed by atoms with E-state index in [1.54, 1.807) is 4.90 Å². The van der Waals surface area contributed by atoms with E-state index in [9.17, 15) is 10.1 Å². The Balaban J connectivity index is 1.78. The van der Waals surface area contributed by atoms with Gasteiger partial charge < -0.3 is 15.4 Å². The first kappa shape index (κ1) is 16.8. The van der Waals surface area contributed by atoms with E-state index in [1.165, 1.54) is 5.56 Å². The maximum atomic E-state index is 12.3. The molecular weight excluding hydrogens is 302 g/mol. The minimum absolute atomic E-state index is 0.0138. The molecule has 2 N–H and O–H groups in total. The molecule has 0 saturated carbocycles. The van der Waals surface area contributed by atoms with Crippen LogP contribution in [0.25, 0.3) is 0 Å². The lowest BCUT2D eigenvalue weighted by molar-refractivity contribution is 0.0162. The Bertz CT molecular complexity index is 692. The summed E-state index contributed by atoms with van der Waals surface area (Å²) in [7, 11) is 0. The third-order valence-corrected chi connectivity index (χ3v) is 5.14. The predicted molar refractivity (Wildman–Crippen MR) is 91.4 cm³/mol. The summed E-state index contributed by atoms with van der Waals surface area (Å²) in [6, 6.07) is 8.06. The van der Waals surface area contributed by atoms with Crippen molar-refractivity contribution < 1.29 is 9.53 Å². The first-order valence-electron chi connectivity index (χ1n) is 8.52. The van der Waals surface area contributed by atoms with E-state index in [4.69, 9.17) is 10.5 Å². The molecule has 5 nitrogen and oxygen atoms in total. The highest BCUT2D eigenvalue weighted by Crippen LogP contribution is 2.50. The number of rotatable bonds is 0. The first-order valence-corrected chi connectivity index (χ1v) is 8.52. The Morgan fingerprint density at radius 3 is 2.62 bits per heavy atom. The first-order chi connectivity index (χ1) is 11.2. The van der Waals surface area contributed by atoms with Gasteiger partial charge in [0.2, 0.25) is 0 Å². The second-order valence-electron chi connectivity index (χ2n) is 7.97. The van der Waals surface area contributed by atoms with Crippen molar-refractivity contribution >= 4 is 6.09 Å². The number of carbonyl (C=O) groups excluding carboxylic acids is 1. The average Bonchev–Trinajstić information content (AvgIpc) is 2.78. The standard InChI is InChI=1S/C19H25N3O2/c1-18(2,3)24-17(23)22-8-6-19(7-9-22)11-16(21)14-5-4-13(12-20)10-15(14)19/h4-5,10,16H,6-9,11,21H2,1-3H3/t16-/m1/s1. The lowest BCUT2D eigenvalue weighted by Gasteiger charge is -2.40. The molecule has 128 valence electrons. The number of nitrogens with two attached hydrogens (primary N) is 1. The zero-order valence-corrected chi connectivity index (χ0v) is 14.6. The summed E-state index contributed by atoms with van der Waals surface area (Å²) in [5.41, 5.74) is 8.88. The van der Waals surface area contributed by atoms with Gasteiger partial charge in [0.05, 0.1) is 11.6 Å². The van der Waals surface area contributed by atoms with Crippen LogP contribution in [0.2, 0.25) is 0 Å². The highest BCUT2D eigenvalue weighted by molar-refractivity contribution is 5.68. The molecule has 1 saturated heterocycles. The molecule has 1 aromatic rings. The smallest absolute Gasteiger partial charge is 0.410 e. The van der Waals surface area contributed by atoms with Gasteiger partial charge in [0.25, 0.3) is 0 Å². The van der Waals surface area contributed by atoms with E-state index < -0.39 is 5.60 Å². The topological polar surface area (TPSA) is 79.3 Å². The molecule has 0 radical (unpaired) electrons. The van der Waals surface area contributed by atoms with E-state index in [1.807, 2.05) is 39.0 Å². The van der Waals surface area contributed by atoms with Gasteiger partial charge in [-0.1, -0.05) is 6.07 Å². The fraction of sp³-hybridized carbons (Fsp3) is 0.579. The van der Waals surface area contributed by atoms with Crippen LogP contribution in [0, 0.1) is 11.3 Å². The number of hydrogen-bond donors (Lipinski definition) is 1. The van der Waals surface area contributed by atoms with E-state index in [-0.39, 0.29) is 17.6 Å². The molecule has 0 bridgehead atoms. The van der Waals surface area contributed by atoms with Gasteiger partial charge in [-0.2, -0.15) is 5.26 Å². The molecule has 1 aliphatic carbocycles. The molecule has 2 aliphatic rings. The summed E-state index contributed by atoms with van der Waals surface area (Å²) in [5, 5.41) is 9.19. The molecule has 1 atom stereocenters. The van der Waals surface area contributed by atoms with Crippen molar-refractivity contribution in [3.05, 3.63) is 34.9 Å². The number of benzene rings is 1. The van der Waals surface area contributed by atoms with Gasteiger partial charge in [-0.3, -0.25) is 0 Å². The summed E-state index contributed by atoms with van der Waals surface area (Å²) < 4.78 is 5.47. The fourth-order valence-electron chi connectivity index (χ4n) is 3.97. The number of amides is 1. The summed E-state index contributed by atoms with van der Waals surface area (Å²) in [6.07, 6.45) is 2.37. The van der Waals surface area contributed by atoms with Crippen LogP contribution in [0.4, 0.5) is 4.79 Å². The van der Waals surface area contributed by atoms with E-state index >= 15 is 0 Å². The van der Waals surface area contributed by atoms with Crippen LogP contribution in [0.15, 0.2) is 18.2 Å². The SMILES string of the molecule is CC(C)(C)OC(=O)N1CCC2(CC1)C[C@@H](N)c1ccc(C#N)cc12. The van der Waals surface area contributed by atoms with Crippen molar-refractivity contribution in [3.8, 4) is 6.07 Å². The highest BCUT2D eigenvalue weighted by atomic mass is 16.6. The number of nitrogens with zero attached hydrogens (tertiary/aromatic N) is 2. The maximum absolute atomic E-state index is 12.3. The molecule has 3 rings (SSSR count). The van der Waals surface area contributed by atoms with Gasteiger partial charge in [-0.15, -0.1) is 0 Å². The Labute approximate surface area is 143 Å². The largest absolute Gasteiger partial charge is 0.444 e. The van der Waals surface area contributed by atoms with Gasteiger partial charge in [-0.25, -0.2) is 4.79 Å². The maximum Gasteiger partial charge on any atom is 0.410 e. The molecule has 1 spiro atoms. The molecule has 1 aromatic carbocycles. The van der Waals surface area contributed by atoms with Crippen molar-refractivity contribution in [3.63, 3.8) is 0 Å². The minimum atomic E-state index is -0.476. The molecule has 0 unspecified atom stereocenters. The normalized spacial score (nSPS) is 22.1. The molecule has 1 fully saturated rings. The molecule has 0 aromatic heterocycles. The summed E-state index contributed by atoms with van der Waals surface area (Å²) in [4.78, 5) is 14.0. The number of nitriles is 1. The van der Waals surface area contributed by atoms with E-state index in [0.29, 0.717) is 18.7 Å². The Morgan fingerprint density at radius 2 is 2.04 bits per heavy atom. The molecular formula is C19H25N3O2. The van der Waals surface area contributed by atoms with Gasteiger partial charge in [0.15, 0.2) is 0 Å². The molecule has 1 amide bonds. The van der Waals surface area contributed by atoms with E-state index in [2.05, 4.69) is 6.07 Å². The Morgan fingerprint density at radius 1 is 1.38 bits per heavy atom. The molecule has 5 heteroatoms. The summed E-state index contributed by atoms with van der Waals surface area (Å²) >= 11 is 0. The van der Waals surface area contributed by atoms with Gasteiger partial charge in [0.1, 0.15) is 5.60 Å². The number of hydrogen-bond acceptors (Lipinski definition) is 4. The van der Waals surface area contributed by atoms with E-state index in [0.717, 1.165) is 24.8 Å². The van der Waals surface area contributed by atoms with Crippen molar-refractivity contribution in [2.45, 2.75) is 57.1 Å². The van der Waals surface area contributed by atoms with Gasteiger partial charge in [-0.05, 0) is 63.3 Å². The third-order valence-electron chi connectivity index (χ3n) is 5.14. The summed E-state index contributed by atoms with van der Waals surface area (Å²) in [5.74, 6) is 0. The van der Waals surface area contributed by atoms with Crippen LogP contribution < -0.4 is 5.73 Å². The second kappa shape index (κ2) is 5.78. The third kappa shape index (κ3) is 2.99. The lowest BCUT2D eigenvalue weighted by Crippen LogP contribution is -2.46. The Kier molecular flexibility index (Phi) is 4.05. The van der Waals surface area contributed by atoms with Crippen LogP contribution in [-0.4, -0.2) is 29.7 Å². The number of carbonyl (C=O) groups is 1. The zero-order valence-electron chi connectivity index (χ0n) is 14.6. The van der Waals surface area contributed by atoms with Crippen LogP contribution in [0.3, 0.4) is 0 Å². The lowest BCUT2D eigenvalue weighted by atomic mass is 9.73. The number of ether oxygens (including phenoxy) is 1. The van der Waals surface area contributed by atoms with Crippen molar-refractivity contribution in [1.82, 2.24) is 4.90 Å². The van der Waals surface area contributed by atoms with Crippen molar-refractivity contribution in [1.29, 1.82) is 5.26 Å².